The van der Waals surface area contributed by atoms with Gasteiger partial charge >= 0.3 is 17.5 Å². The van der Waals surface area contributed by atoms with Crippen LogP contribution in [0.15, 0.2) is 13.2 Å². The Hall–Kier alpha value is -1.18. The quantitative estimate of drug-likeness (QED) is 0.246. The van der Waals surface area contributed by atoms with Crippen LogP contribution in [0.25, 0.3) is 0 Å². The van der Waals surface area contributed by atoms with Gasteiger partial charge in [-0.25, -0.2) is 0 Å². The maximum absolute atomic E-state index is 8.12. The van der Waals surface area contributed by atoms with Crippen molar-refractivity contribution >= 4 is 6.15 Å². The fraction of sp³-hybridized carbons (Fsp3) is 0. The summed E-state index contributed by atoms with van der Waals surface area (Å²) in [7, 11) is 0. The summed E-state index contributed by atoms with van der Waals surface area (Å²) in [6.07, 6.45) is 0.250. The van der Waals surface area contributed by atoms with Crippen LogP contribution in [0.4, 0.5) is 0 Å². The summed E-state index contributed by atoms with van der Waals surface area (Å²) in [5.74, 6) is 0. The summed E-state index contributed by atoms with van der Waals surface area (Å²) < 4.78 is 7.50. The van der Waals surface area contributed by atoms with Crippen LogP contribution >= 0.6 is 0 Å². The molecule has 0 radical (unpaired) electrons. The fourth-order valence-electron chi connectivity index (χ4n) is 0. The Bertz CT molecular complexity index is 64.2. The van der Waals surface area contributed by atoms with Crippen molar-refractivity contribution in [1.29, 1.82) is 0 Å². The van der Waals surface area contributed by atoms with Gasteiger partial charge in [0.05, 0.1) is 0 Å². The topological polar surface area (TPSA) is 87.0 Å². The van der Waals surface area contributed by atoms with Gasteiger partial charge in [-0.1, -0.05) is 0 Å². The van der Waals surface area contributed by atoms with Gasteiger partial charge in [0.15, 0.2) is 0 Å². The van der Waals surface area contributed by atoms with Crippen LogP contribution in [0, 0.1) is 6.65 Å². The van der Waals surface area contributed by atoms with Crippen molar-refractivity contribution in [2.75, 3.05) is 0 Å². The zero-order valence-corrected chi connectivity index (χ0v) is 4.22. The van der Waals surface area contributed by atoms with Gasteiger partial charge in [-0.3, -0.25) is 0 Å². The zero-order valence-electron chi connectivity index (χ0n) is 4.22. The number of hydrogen-bond acceptors (Lipinski definition) is 2. The maximum atomic E-state index is 8.12. The van der Waals surface area contributed by atoms with Gasteiger partial charge in [0.25, 0.3) is 0 Å². The molecule has 0 fully saturated rings. The van der Waals surface area contributed by atoms with Gasteiger partial charge in [0, 0.05) is 1.43 Å². The summed E-state index contributed by atoms with van der Waals surface area (Å²) >= 11 is 0. The molecule has 4 heteroatoms. The van der Waals surface area contributed by atoms with Gasteiger partial charge < -0.3 is 5.48 Å². The van der Waals surface area contributed by atoms with E-state index in [0.717, 1.165) is 0 Å². The Morgan fingerprint density at radius 2 is 1.38 bits per heavy atom. The third-order valence-corrected chi connectivity index (χ3v) is 0. The van der Waals surface area contributed by atoms with Crippen molar-refractivity contribution in [3.8, 4) is 0 Å². The number of rotatable bonds is 0. The van der Waals surface area contributed by atoms with E-state index in [-0.39, 0.29) is 13.1 Å². The van der Waals surface area contributed by atoms with E-state index in [1.54, 1.807) is 0 Å². The molecule has 0 saturated carbocycles. The predicted molar refractivity (Wildman–Crippen MR) is 27.2 cm³/mol. The molecule has 0 atom stereocenters. The summed E-state index contributed by atoms with van der Waals surface area (Å²) in [5.41, 5.74) is 0. The first-order valence-electron chi connectivity index (χ1n) is 1.11. The van der Waals surface area contributed by atoms with Crippen LogP contribution in [0.3, 0.4) is 0 Å². The minimum Gasteiger partial charge on any atom is -0.457 e. The molecule has 0 heterocycles. The molecule has 0 aromatic rings. The van der Waals surface area contributed by atoms with E-state index < -0.39 is 0 Å². The minimum absolute atomic E-state index is 0. The van der Waals surface area contributed by atoms with Crippen molar-refractivity contribution in [1.82, 2.24) is 0 Å². The number of hydrogen-bond donors (Lipinski definition) is 0. The molecule has 0 unspecified atom stereocenters. The van der Waals surface area contributed by atoms with E-state index >= 15 is 0 Å². The van der Waals surface area contributed by atoms with E-state index in [4.69, 9.17) is 14.2 Å². The van der Waals surface area contributed by atoms with Crippen molar-refractivity contribution in [2.24, 2.45) is 0 Å². The standard InChI is InChI=1S/C2H4.CO2.CO.H2O.H2/c1-2;2-1-3;1-2;;/h1-2H2;;;1H2;1H/p+1. The SMILES string of the molecule is C=C.O=C=O.[C-]#[O+].[HH].[OH3+]. The second-order valence-electron chi connectivity index (χ2n) is 0.0833. The zero-order chi connectivity index (χ0) is 6.71. The van der Waals surface area contributed by atoms with Crippen LogP contribution < -0.4 is 0 Å². The summed E-state index contributed by atoms with van der Waals surface area (Å²) in [6, 6.07) is 0. The molecule has 0 aromatic carbocycles. The Morgan fingerprint density at radius 1 is 1.38 bits per heavy atom. The van der Waals surface area contributed by atoms with Gasteiger partial charge in [-0.15, -0.1) is 13.2 Å². The smallest absolute Gasteiger partial charge is 0 e. The van der Waals surface area contributed by atoms with Gasteiger partial charge in [0.1, 0.15) is 0 Å². The Labute approximate surface area is 48.3 Å². The summed E-state index contributed by atoms with van der Waals surface area (Å²) in [6.45, 7) is 10.5. The van der Waals surface area contributed by atoms with Crippen molar-refractivity contribution in [3.05, 3.63) is 19.8 Å². The van der Waals surface area contributed by atoms with Crippen LogP contribution in [-0.4, -0.2) is 6.15 Å². The van der Waals surface area contributed by atoms with Crippen molar-refractivity contribution < 1.29 is 21.1 Å². The third kappa shape index (κ3) is 50.5. The second-order valence-corrected chi connectivity index (χ2v) is 0.0833. The third-order valence-electron chi connectivity index (χ3n) is 0. The van der Waals surface area contributed by atoms with E-state index in [9.17, 15) is 0 Å². The molecule has 0 amide bonds. The molecule has 0 aliphatic rings. The van der Waals surface area contributed by atoms with Gasteiger partial charge in [0.2, 0.25) is 0 Å². The fourth-order valence-corrected chi connectivity index (χ4v) is 0. The first-order chi connectivity index (χ1) is 3.41. The molecule has 8 heavy (non-hydrogen) atoms. The first kappa shape index (κ1) is 29.0. The molecular weight excluding hydrogens is 112 g/mol. The van der Waals surface area contributed by atoms with Crippen LogP contribution in [-0.2, 0) is 19.7 Å². The molecule has 0 rings (SSSR count). The maximum Gasteiger partial charge on any atom is 0 e. The molecule has 48 valence electrons. The van der Waals surface area contributed by atoms with Gasteiger partial charge in [-0.2, -0.15) is 9.59 Å². The molecule has 0 bridgehead atoms. The molecule has 0 aliphatic carbocycles. The number of carbonyl (C=O) groups excluding carboxylic acids is 2. The summed E-state index contributed by atoms with van der Waals surface area (Å²) in [5, 5.41) is 0. The van der Waals surface area contributed by atoms with E-state index in [0.29, 0.717) is 0 Å². The first-order valence-corrected chi connectivity index (χ1v) is 1.11. The Balaban J connectivity index is -0.00000000825. The van der Waals surface area contributed by atoms with E-state index in [1.807, 2.05) is 0 Å². The molecule has 0 aliphatic heterocycles. The predicted octanol–water partition coefficient (Wildman–Crippen LogP) is -0.495. The molecule has 3 N–H and O–H groups in total. The average molecular weight is 121 g/mol. The molecular formula is C4H9O4+. The average Bonchev–Trinajstić information content (AvgIpc) is 1.78. The monoisotopic (exact) mass is 121 g/mol. The normalized spacial score (nSPS) is 1.75. The van der Waals surface area contributed by atoms with Crippen LogP contribution in [0.2, 0.25) is 0 Å². The summed E-state index contributed by atoms with van der Waals surface area (Å²) in [4.78, 5) is 16.2. The second kappa shape index (κ2) is 4170. The minimum atomic E-state index is 0. The van der Waals surface area contributed by atoms with E-state index in [2.05, 4.69) is 19.8 Å². The molecule has 0 saturated heterocycles. The Kier molecular flexibility index (Phi) is 15200. The molecule has 0 aromatic heterocycles. The molecule has 0 spiro atoms. The Morgan fingerprint density at radius 3 is 1.38 bits per heavy atom. The van der Waals surface area contributed by atoms with Crippen LogP contribution in [0.1, 0.15) is 1.43 Å². The van der Waals surface area contributed by atoms with Crippen molar-refractivity contribution in [2.45, 2.75) is 0 Å². The van der Waals surface area contributed by atoms with E-state index in [1.165, 1.54) is 0 Å². The van der Waals surface area contributed by atoms with Gasteiger partial charge in [-0.05, 0) is 0 Å². The van der Waals surface area contributed by atoms with Crippen LogP contribution in [0.5, 0.6) is 0 Å². The largest absolute Gasteiger partial charge is 0.457 e. The van der Waals surface area contributed by atoms with Crippen molar-refractivity contribution in [3.63, 3.8) is 0 Å². The molecule has 4 nitrogen and oxygen atoms in total.